The van der Waals surface area contributed by atoms with Crippen LogP contribution in [0.5, 0.6) is 0 Å². The maximum atomic E-state index is 9.87. The standard InChI is InChI=1S/2C6H12O5.C4H6O4.C3H8O3/c2*1-3(8)5(10)6(11)4(9)2-7;5-3(6)1-2-4(7)8;4-1-3(6)2-5/h2*2-6,8-11H,1H3;1-2H2,(H,5,6)(H,7,8);3-6H,1-2H2/t3-,4+,5+,6-;3-,4-,5-,6-;;/m00../s1. The van der Waals surface area contributed by atoms with Gasteiger partial charge in [-0.1, -0.05) is 0 Å². The highest BCUT2D eigenvalue weighted by Crippen LogP contribution is 2.03. The molecule has 0 saturated carbocycles. The number of carboxylic acid groups (broad SMARTS) is 2. The van der Waals surface area contributed by atoms with E-state index in [0.29, 0.717) is 0 Å². The number of carbonyl (C=O) groups is 4. The molecule has 0 aromatic heterocycles. The Bertz CT molecular complexity index is 522. The summed E-state index contributed by atoms with van der Waals surface area (Å²) in [6.07, 6.45) is -13.3. The van der Waals surface area contributed by atoms with Crippen LogP contribution in [-0.4, -0.2) is 159 Å². The van der Waals surface area contributed by atoms with Gasteiger partial charge in [-0.05, 0) is 13.8 Å². The Kier molecular flexibility index (Phi) is 27.9. The van der Waals surface area contributed by atoms with E-state index in [4.69, 9.17) is 66.4 Å². The van der Waals surface area contributed by atoms with Gasteiger partial charge in [0, 0.05) is 0 Å². The summed E-state index contributed by atoms with van der Waals surface area (Å²) in [6.45, 7) is 1.75. The molecule has 216 valence electrons. The van der Waals surface area contributed by atoms with Crippen molar-refractivity contribution in [2.75, 3.05) is 13.2 Å². The van der Waals surface area contributed by atoms with Gasteiger partial charge in [0.2, 0.25) is 0 Å². The Morgan fingerprint density at radius 3 is 0.944 bits per heavy atom. The van der Waals surface area contributed by atoms with Gasteiger partial charge >= 0.3 is 11.9 Å². The Morgan fingerprint density at radius 2 is 0.833 bits per heavy atom. The van der Waals surface area contributed by atoms with E-state index < -0.39 is 66.9 Å². The lowest BCUT2D eigenvalue weighted by Gasteiger charge is -2.21. The lowest BCUT2D eigenvalue weighted by atomic mass is 10.1. The molecule has 0 rings (SSSR count). The van der Waals surface area contributed by atoms with E-state index in [0.717, 1.165) is 0 Å². The zero-order chi connectivity index (χ0) is 29.6. The summed E-state index contributed by atoms with van der Waals surface area (Å²) in [6, 6.07) is 0. The predicted molar refractivity (Wildman–Crippen MR) is 116 cm³/mol. The number of hydrogen-bond donors (Lipinski definition) is 13. The quantitative estimate of drug-likeness (QED) is 0.0969. The van der Waals surface area contributed by atoms with Gasteiger partial charge < -0.3 is 76.0 Å². The first-order chi connectivity index (χ1) is 16.4. The minimum atomic E-state index is -1.65. The minimum absolute atomic E-state index is 0.0935. The van der Waals surface area contributed by atoms with Crippen molar-refractivity contribution >= 4 is 24.5 Å². The van der Waals surface area contributed by atoms with Crippen molar-refractivity contribution in [3.05, 3.63) is 0 Å². The lowest BCUT2D eigenvalue weighted by molar-refractivity contribution is -0.143. The molecule has 0 radical (unpaired) electrons. The van der Waals surface area contributed by atoms with E-state index >= 15 is 0 Å². The molecule has 0 unspecified atom stereocenters. The van der Waals surface area contributed by atoms with Gasteiger partial charge in [0.25, 0.3) is 0 Å². The van der Waals surface area contributed by atoms with Crippen LogP contribution >= 0.6 is 0 Å². The predicted octanol–water partition coefficient (Wildman–Crippen LogP) is -6.43. The van der Waals surface area contributed by atoms with Gasteiger partial charge in [0.05, 0.1) is 38.3 Å². The van der Waals surface area contributed by atoms with Crippen LogP contribution in [0.3, 0.4) is 0 Å². The van der Waals surface area contributed by atoms with Crippen molar-refractivity contribution in [3.8, 4) is 0 Å². The number of rotatable bonds is 13. The molecule has 0 amide bonds. The van der Waals surface area contributed by atoms with Crippen molar-refractivity contribution in [2.45, 2.75) is 81.6 Å². The molecule has 0 spiro atoms. The van der Waals surface area contributed by atoms with E-state index in [2.05, 4.69) is 0 Å². The van der Waals surface area contributed by atoms with Crippen LogP contribution in [0.15, 0.2) is 0 Å². The fraction of sp³-hybridized carbons (Fsp3) is 0.789. The van der Waals surface area contributed by atoms with Gasteiger partial charge in [0.15, 0.2) is 12.6 Å². The molecule has 0 aromatic rings. The molecule has 0 fully saturated rings. The molecule has 0 aliphatic heterocycles. The Morgan fingerprint density at radius 1 is 0.583 bits per heavy atom. The second-order valence-corrected chi connectivity index (χ2v) is 7.00. The van der Waals surface area contributed by atoms with E-state index in [9.17, 15) is 19.2 Å². The first kappa shape index (κ1) is 41.0. The van der Waals surface area contributed by atoms with Crippen LogP contribution in [0.1, 0.15) is 26.7 Å². The molecular weight excluding hydrogens is 500 g/mol. The summed E-state index contributed by atoms with van der Waals surface area (Å²) in [4.78, 5) is 39.0. The summed E-state index contributed by atoms with van der Waals surface area (Å²) < 4.78 is 0. The highest BCUT2D eigenvalue weighted by molar-refractivity contribution is 5.75. The van der Waals surface area contributed by atoms with Crippen LogP contribution in [0, 0.1) is 0 Å². The minimum Gasteiger partial charge on any atom is -0.481 e. The summed E-state index contributed by atoms with van der Waals surface area (Å²) in [5.74, 6) is -2.15. The van der Waals surface area contributed by atoms with Gasteiger partial charge in [-0.15, -0.1) is 0 Å². The first-order valence-electron chi connectivity index (χ1n) is 10.1. The number of carboxylic acids is 2. The number of aldehydes is 2. The van der Waals surface area contributed by atoms with E-state index in [1.54, 1.807) is 0 Å². The summed E-state index contributed by atoms with van der Waals surface area (Å²) in [7, 11) is 0. The number of aliphatic carboxylic acids is 2. The van der Waals surface area contributed by atoms with Crippen LogP contribution in [0.2, 0.25) is 0 Å². The third kappa shape index (κ3) is 24.9. The highest BCUT2D eigenvalue weighted by Gasteiger charge is 2.28. The maximum Gasteiger partial charge on any atom is 0.303 e. The summed E-state index contributed by atoms with van der Waals surface area (Å²) in [5, 5.41) is 110. The van der Waals surface area contributed by atoms with Crippen LogP contribution in [-0.2, 0) is 19.2 Å². The average Bonchev–Trinajstić information content (AvgIpc) is 2.84. The zero-order valence-corrected chi connectivity index (χ0v) is 19.6. The molecule has 17 heteroatoms. The van der Waals surface area contributed by atoms with Crippen LogP contribution in [0.4, 0.5) is 0 Å². The number of carbonyl (C=O) groups excluding carboxylic acids is 2. The van der Waals surface area contributed by atoms with Crippen LogP contribution in [0.25, 0.3) is 0 Å². The molecule has 8 atom stereocenters. The molecule has 0 aliphatic carbocycles. The van der Waals surface area contributed by atoms with Crippen molar-refractivity contribution in [1.29, 1.82) is 0 Å². The fourth-order valence-electron chi connectivity index (χ4n) is 1.41. The normalized spacial score (nSPS) is 16.9. The first-order valence-corrected chi connectivity index (χ1v) is 10.1. The molecule has 0 heterocycles. The largest absolute Gasteiger partial charge is 0.481 e. The third-order valence-corrected chi connectivity index (χ3v) is 3.64. The molecular formula is C19H38O17. The molecule has 0 bridgehead atoms. The maximum absolute atomic E-state index is 9.87. The molecule has 36 heavy (non-hydrogen) atoms. The topological polar surface area (TPSA) is 331 Å². The second-order valence-electron chi connectivity index (χ2n) is 7.00. The van der Waals surface area contributed by atoms with Crippen molar-refractivity contribution < 1.29 is 85.6 Å². The summed E-state index contributed by atoms with van der Waals surface area (Å²) in [5.41, 5.74) is 0. The lowest BCUT2D eigenvalue weighted by Crippen LogP contribution is -2.43. The van der Waals surface area contributed by atoms with E-state index in [1.165, 1.54) is 13.8 Å². The van der Waals surface area contributed by atoms with E-state index in [-0.39, 0.29) is 38.6 Å². The molecule has 0 aromatic carbocycles. The van der Waals surface area contributed by atoms with E-state index in [1.807, 2.05) is 0 Å². The Labute approximate surface area is 205 Å². The van der Waals surface area contributed by atoms with Crippen LogP contribution < -0.4 is 0 Å². The smallest absolute Gasteiger partial charge is 0.303 e. The van der Waals surface area contributed by atoms with Gasteiger partial charge in [-0.3, -0.25) is 9.59 Å². The Balaban J connectivity index is -0.000000195. The third-order valence-electron chi connectivity index (χ3n) is 3.64. The summed E-state index contributed by atoms with van der Waals surface area (Å²) >= 11 is 0. The van der Waals surface area contributed by atoms with Gasteiger partial charge in [-0.2, -0.15) is 0 Å². The highest BCUT2D eigenvalue weighted by atomic mass is 16.4. The van der Waals surface area contributed by atoms with Gasteiger partial charge in [0.1, 0.15) is 42.7 Å². The van der Waals surface area contributed by atoms with Crippen molar-refractivity contribution in [2.24, 2.45) is 0 Å². The molecule has 13 N–H and O–H groups in total. The van der Waals surface area contributed by atoms with Gasteiger partial charge in [-0.25, -0.2) is 0 Å². The van der Waals surface area contributed by atoms with Crippen molar-refractivity contribution in [3.63, 3.8) is 0 Å². The number of aliphatic hydroxyl groups excluding tert-OH is 11. The Hall–Kier alpha value is -2.16. The zero-order valence-electron chi connectivity index (χ0n) is 19.6. The fourth-order valence-corrected chi connectivity index (χ4v) is 1.41. The molecule has 0 aliphatic rings. The number of aliphatic hydroxyl groups is 11. The van der Waals surface area contributed by atoms with Crippen molar-refractivity contribution in [1.82, 2.24) is 0 Å². The molecule has 0 saturated heterocycles. The monoisotopic (exact) mass is 538 g/mol. The second kappa shape index (κ2) is 24.5. The number of hydrogen-bond acceptors (Lipinski definition) is 15. The molecule has 17 nitrogen and oxygen atoms in total. The SMILES string of the molecule is C[C@H](O)[C@@H](O)[C@@H](O)[C@H](O)C=O.C[C@H](O)[C@H](O)[C@@H](O)[C@@H](O)C=O.O=C(O)CCC(=O)O.OCC(O)CO. The average molecular weight is 538 g/mol.